The predicted molar refractivity (Wildman–Crippen MR) is 127 cm³/mol. The summed E-state index contributed by atoms with van der Waals surface area (Å²) in [6.07, 6.45) is 3.74. The molecule has 1 saturated heterocycles. The molecule has 5 rings (SSSR count). The molecule has 3 heterocycles. The van der Waals surface area contributed by atoms with Crippen molar-refractivity contribution < 1.29 is 9.18 Å². The van der Waals surface area contributed by atoms with Gasteiger partial charge in [0.25, 0.3) is 5.91 Å². The second-order valence-corrected chi connectivity index (χ2v) is 9.44. The molecule has 1 amide bonds. The zero-order valence-electron chi connectivity index (χ0n) is 18.1. The van der Waals surface area contributed by atoms with Crippen LogP contribution >= 0.6 is 11.3 Å². The predicted octanol–water partition coefficient (Wildman–Crippen LogP) is 4.54. The Hall–Kier alpha value is -3.54. The molecule has 0 spiro atoms. The number of nitriles is 1. The Balaban J connectivity index is 1.63. The molecule has 0 radical (unpaired) electrons. The van der Waals surface area contributed by atoms with Crippen molar-refractivity contribution >= 4 is 28.1 Å². The van der Waals surface area contributed by atoms with Crippen LogP contribution in [0.2, 0.25) is 0 Å². The number of piperidine rings is 1. The standard InChI is InChI=1S/C25H22FN5OS/c1-30-13-18-7-5-16(10-22(18)29-30)24-20(15-4-6-17(12-27)21(26)9-15)11-23(33-24)25(32)31-8-2-3-19(28)14-31/h4-7,9-11,13,19H,2-3,8,14,28H2,1H3. The molecule has 2 aromatic heterocycles. The maximum Gasteiger partial charge on any atom is 0.264 e. The summed E-state index contributed by atoms with van der Waals surface area (Å²) in [4.78, 5) is 16.5. The average Bonchev–Trinajstić information content (AvgIpc) is 3.41. The van der Waals surface area contributed by atoms with Crippen LogP contribution in [-0.4, -0.2) is 39.7 Å². The van der Waals surface area contributed by atoms with Crippen molar-refractivity contribution in [1.29, 1.82) is 5.26 Å². The number of carbonyl (C=O) groups is 1. The first-order chi connectivity index (χ1) is 15.9. The lowest BCUT2D eigenvalue weighted by atomic mass is 10.00. The van der Waals surface area contributed by atoms with Gasteiger partial charge in [-0.15, -0.1) is 11.3 Å². The summed E-state index contributed by atoms with van der Waals surface area (Å²) in [6.45, 7) is 1.22. The molecule has 8 heteroatoms. The zero-order chi connectivity index (χ0) is 23.1. The number of hydrogen-bond donors (Lipinski definition) is 1. The SMILES string of the molecule is Cn1cc2ccc(-c3sc(C(=O)N4CCCC(N)C4)cc3-c3ccc(C#N)c(F)c3)cc2n1. The van der Waals surface area contributed by atoms with Crippen LogP contribution in [0.3, 0.4) is 0 Å². The van der Waals surface area contributed by atoms with Gasteiger partial charge in [0.1, 0.15) is 11.9 Å². The number of fused-ring (bicyclic) bond motifs is 1. The highest BCUT2D eigenvalue weighted by molar-refractivity contribution is 7.18. The minimum Gasteiger partial charge on any atom is -0.336 e. The molecule has 4 aromatic rings. The van der Waals surface area contributed by atoms with Crippen molar-refractivity contribution in [2.24, 2.45) is 12.8 Å². The largest absolute Gasteiger partial charge is 0.336 e. The molecule has 0 saturated carbocycles. The number of amides is 1. The highest BCUT2D eigenvalue weighted by Gasteiger charge is 2.26. The Morgan fingerprint density at radius 2 is 2.06 bits per heavy atom. The third kappa shape index (κ3) is 4.01. The number of aromatic nitrogens is 2. The molecule has 1 aliphatic rings. The van der Waals surface area contributed by atoms with Gasteiger partial charge in [0.15, 0.2) is 0 Å². The molecule has 166 valence electrons. The summed E-state index contributed by atoms with van der Waals surface area (Å²) < 4.78 is 16.2. The van der Waals surface area contributed by atoms with Gasteiger partial charge in [0.05, 0.1) is 16.0 Å². The van der Waals surface area contributed by atoms with Gasteiger partial charge in [-0.25, -0.2) is 4.39 Å². The normalized spacial score (nSPS) is 16.2. The van der Waals surface area contributed by atoms with Gasteiger partial charge in [-0.1, -0.05) is 18.2 Å². The topological polar surface area (TPSA) is 87.9 Å². The van der Waals surface area contributed by atoms with Crippen LogP contribution in [-0.2, 0) is 7.05 Å². The van der Waals surface area contributed by atoms with Gasteiger partial charge in [-0.05, 0) is 48.2 Å². The Labute approximate surface area is 194 Å². The van der Waals surface area contributed by atoms with E-state index in [9.17, 15) is 9.18 Å². The van der Waals surface area contributed by atoms with Crippen molar-refractivity contribution in [3.05, 3.63) is 64.9 Å². The molecule has 1 aliphatic heterocycles. The Bertz CT molecular complexity index is 1420. The second kappa shape index (κ2) is 8.43. The van der Waals surface area contributed by atoms with E-state index in [0.717, 1.165) is 39.7 Å². The van der Waals surface area contributed by atoms with E-state index >= 15 is 0 Å². The lowest BCUT2D eigenvalue weighted by Crippen LogP contribution is -2.45. The molecule has 2 aromatic carbocycles. The molecule has 2 N–H and O–H groups in total. The minimum atomic E-state index is -0.581. The maximum atomic E-state index is 14.5. The van der Waals surface area contributed by atoms with Gasteiger partial charge in [-0.2, -0.15) is 10.4 Å². The molecule has 1 unspecified atom stereocenters. The average molecular weight is 460 g/mol. The first-order valence-corrected chi connectivity index (χ1v) is 11.6. The molecular formula is C25H22FN5OS. The summed E-state index contributed by atoms with van der Waals surface area (Å²) in [5.41, 5.74) is 9.20. The minimum absolute atomic E-state index is 0.0101. The summed E-state index contributed by atoms with van der Waals surface area (Å²) in [6, 6.07) is 14.2. The van der Waals surface area contributed by atoms with Gasteiger partial charge >= 0.3 is 0 Å². The number of carbonyl (C=O) groups excluding carboxylic acids is 1. The number of hydrogen-bond acceptors (Lipinski definition) is 5. The van der Waals surface area contributed by atoms with Gasteiger partial charge < -0.3 is 10.6 Å². The van der Waals surface area contributed by atoms with Crippen LogP contribution in [0.15, 0.2) is 48.7 Å². The van der Waals surface area contributed by atoms with Crippen LogP contribution < -0.4 is 5.73 Å². The third-order valence-electron chi connectivity index (χ3n) is 5.97. The van der Waals surface area contributed by atoms with E-state index in [1.165, 1.54) is 23.5 Å². The highest BCUT2D eigenvalue weighted by atomic mass is 32.1. The van der Waals surface area contributed by atoms with Crippen molar-refractivity contribution in [2.75, 3.05) is 13.1 Å². The van der Waals surface area contributed by atoms with E-state index in [1.54, 1.807) is 15.6 Å². The van der Waals surface area contributed by atoms with E-state index in [1.807, 2.05) is 43.6 Å². The molecule has 33 heavy (non-hydrogen) atoms. The number of benzene rings is 2. The van der Waals surface area contributed by atoms with E-state index in [-0.39, 0.29) is 17.5 Å². The van der Waals surface area contributed by atoms with Crippen LogP contribution in [0.5, 0.6) is 0 Å². The zero-order valence-corrected chi connectivity index (χ0v) is 18.9. The molecule has 6 nitrogen and oxygen atoms in total. The van der Waals surface area contributed by atoms with E-state index in [4.69, 9.17) is 11.0 Å². The molecule has 1 fully saturated rings. The van der Waals surface area contributed by atoms with Gasteiger partial charge in [-0.3, -0.25) is 9.48 Å². The lowest BCUT2D eigenvalue weighted by Gasteiger charge is -2.30. The van der Waals surface area contributed by atoms with Crippen molar-refractivity contribution in [3.8, 4) is 27.6 Å². The van der Waals surface area contributed by atoms with E-state index in [2.05, 4.69) is 5.10 Å². The monoisotopic (exact) mass is 459 g/mol. The molecule has 0 bridgehead atoms. The maximum absolute atomic E-state index is 14.5. The Kier molecular flexibility index (Phi) is 5.44. The van der Waals surface area contributed by atoms with Crippen molar-refractivity contribution in [1.82, 2.24) is 14.7 Å². The quantitative estimate of drug-likeness (QED) is 0.487. The summed E-state index contributed by atoms with van der Waals surface area (Å²) >= 11 is 1.39. The van der Waals surface area contributed by atoms with Crippen LogP contribution in [0.4, 0.5) is 4.39 Å². The number of likely N-dealkylation sites (tertiary alicyclic amines) is 1. The number of nitrogens with two attached hydrogens (primary N) is 1. The molecular weight excluding hydrogens is 437 g/mol. The fourth-order valence-corrected chi connectivity index (χ4v) is 5.47. The van der Waals surface area contributed by atoms with Crippen LogP contribution in [0.1, 0.15) is 28.1 Å². The van der Waals surface area contributed by atoms with Crippen LogP contribution in [0, 0.1) is 17.1 Å². The van der Waals surface area contributed by atoms with Gasteiger partial charge in [0, 0.05) is 48.2 Å². The van der Waals surface area contributed by atoms with Crippen molar-refractivity contribution in [3.63, 3.8) is 0 Å². The smallest absolute Gasteiger partial charge is 0.264 e. The number of rotatable bonds is 3. The third-order valence-corrected chi connectivity index (χ3v) is 7.14. The fourth-order valence-electron chi connectivity index (χ4n) is 4.33. The summed E-state index contributed by atoms with van der Waals surface area (Å²) in [5.74, 6) is -0.641. The van der Waals surface area contributed by atoms with Crippen molar-refractivity contribution in [2.45, 2.75) is 18.9 Å². The van der Waals surface area contributed by atoms with Crippen LogP contribution in [0.25, 0.3) is 32.5 Å². The van der Waals surface area contributed by atoms with E-state index < -0.39 is 5.82 Å². The number of thiophene rings is 1. The lowest BCUT2D eigenvalue weighted by molar-refractivity contribution is 0.0714. The molecule has 1 atom stereocenters. The molecule has 0 aliphatic carbocycles. The summed E-state index contributed by atoms with van der Waals surface area (Å²) in [7, 11) is 1.87. The highest BCUT2D eigenvalue weighted by Crippen LogP contribution is 2.41. The number of aryl methyl sites for hydroxylation is 1. The first-order valence-electron chi connectivity index (χ1n) is 10.8. The Morgan fingerprint density at radius 3 is 2.82 bits per heavy atom. The van der Waals surface area contributed by atoms with Gasteiger partial charge in [0.2, 0.25) is 0 Å². The number of nitrogens with zero attached hydrogens (tertiary/aromatic N) is 4. The fraction of sp³-hybridized carbons (Fsp3) is 0.240. The second-order valence-electron chi connectivity index (χ2n) is 8.39. The Morgan fingerprint density at radius 1 is 1.24 bits per heavy atom. The number of halogens is 1. The van der Waals surface area contributed by atoms with E-state index in [0.29, 0.717) is 23.5 Å². The summed E-state index contributed by atoms with van der Waals surface area (Å²) in [5, 5.41) is 14.6. The first kappa shape index (κ1) is 21.3.